The van der Waals surface area contributed by atoms with E-state index in [0.29, 0.717) is 16.6 Å². The van der Waals surface area contributed by atoms with Crippen LogP contribution in [0.5, 0.6) is 0 Å². The van der Waals surface area contributed by atoms with E-state index in [2.05, 4.69) is 16.0 Å². The molecule has 2 aromatic carbocycles. The van der Waals surface area contributed by atoms with Crippen molar-refractivity contribution in [2.24, 2.45) is 5.73 Å². The van der Waals surface area contributed by atoms with Gasteiger partial charge in [0.15, 0.2) is 0 Å². The number of amides is 1. The molecule has 5 heteroatoms. The predicted octanol–water partition coefficient (Wildman–Crippen LogP) is 5.64. The number of hydrogen-bond donors (Lipinski definition) is 2. The van der Waals surface area contributed by atoms with Gasteiger partial charge in [-0.05, 0) is 60.9 Å². The number of hydrogen-bond acceptors (Lipinski definition) is 2. The fraction of sp³-hybridized carbons (Fsp3) is 0.261. The summed E-state index contributed by atoms with van der Waals surface area (Å²) in [5, 5.41) is 4.27. The lowest BCUT2D eigenvalue weighted by molar-refractivity contribution is 0.100. The third-order valence-corrected chi connectivity index (χ3v) is 5.62. The summed E-state index contributed by atoms with van der Waals surface area (Å²) < 4.78 is 2.10. The van der Waals surface area contributed by atoms with Crippen LogP contribution in [-0.2, 0) is 0 Å². The van der Waals surface area contributed by atoms with Crippen LogP contribution in [0.2, 0.25) is 5.02 Å². The van der Waals surface area contributed by atoms with Crippen molar-refractivity contribution in [3.8, 4) is 16.9 Å². The van der Waals surface area contributed by atoms with Gasteiger partial charge in [-0.1, -0.05) is 43.0 Å². The molecule has 1 fully saturated rings. The Morgan fingerprint density at radius 3 is 2.61 bits per heavy atom. The number of rotatable bonds is 5. The summed E-state index contributed by atoms with van der Waals surface area (Å²) in [5.41, 5.74) is 10.0. The zero-order valence-corrected chi connectivity index (χ0v) is 16.5. The number of carbonyl (C=O) groups excluding carboxylic acids is 1. The SMILES string of the molecule is NC(=O)c1ccc(-n2cccc2-c2cccc(Cl)c2)cc1NC1CCCCC1. The van der Waals surface area contributed by atoms with Crippen LogP contribution in [0.25, 0.3) is 16.9 Å². The number of nitrogens with zero attached hydrogens (tertiary/aromatic N) is 1. The third-order valence-electron chi connectivity index (χ3n) is 5.38. The highest BCUT2D eigenvalue weighted by Crippen LogP contribution is 2.30. The van der Waals surface area contributed by atoms with Crippen molar-refractivity contribution in [1.82, 2.24) is 4.57 Å². The van der Waals surface area contributed by atoms with Gasteiger partial charge in [0.05, 0.1) is 11.3 Å². The number of nitrogens with one attached hydrogen (secondary N) is 1. The van der Waals surface area contributed by atoms with Gasteiger partial charge >= 0.3 is 0 Å². The minimum atomic E-state index is -0.410. The molecular formula is C23H24ClN3O. The molecule has 1 aromatic heterocycles. The number of halogens is 1. The van der Waals surface area contributed by atoms with Gasteiger partial charge in [0, 0.05) is 28.6 Å². The van der Waals surface area contributed by atoms with E-state index in [9.17, 15) is 4.79 Å². The summed E-state index contributed by atoms with van der Waals surface area (Å²) in [6, 6.07) is 18.0. The summed E-state index contributed by atoms with van der Waals surface area (Å²) >= 11 is 6.18. The first-order valence-corrected chi connectivity index (χ1v) is 10.1. The van der Waals surface area contributed by atoms with Crippen LogP contribution in [0.3, 0.4) is 0 Å². The molecule has 0 aliphatic heterocycles. The van der Waals surface area contributed by atoms with Gasteiger partial charge < -0.3 is 15.6 Å². The van der Waals surface area contributed by atoms with E-state index < -0.39 is 5.91 Å². The van der Waals surface area contributed by atoms with Crippen LogP contribution < -0.4 is 11.1 Å². The lowest BCUT2D eigenvalue weighted by Crippen LogP contribution is -2.24. The summed E-state index contributed by atoms with van der Waals surface area (Å²) in [5.74, 6) is -0.410. The second kappa shape index (κ2) is 8.11. The number of benzene rings is 2. The van der Waals surface area contributed by atoms with E-state index in [-0.39, 0.29) is 0 Å². The summed E-state index contributed by atoms with van der Waals surface area (Å²) in [6.45, 7) is 0. The molecule has 1 aliphatic rings. The van der Waals surface area contributed by atoms with Crippen molar-refractivity contribution in [2.45, 2.75) is 38.1 Å². The molecule has 144 valence electrons. The standard InChI is InChI=1S/C23H24ClN3O/c24-17-7-4-6-16(14-17)22-10-5-13-27(22)19-11-12-20(23(25)28)21(15-19)26-18-8-2-1-3-9-18/h4-7,10-15,18,26H,1-3,8-9H2,(H2,25,28). The van der Waals surface area contributed by atoms with Gasteiger partial charge in [-0.15, -0.1) is 0 Å². The third kappa shape index (κ3) is 3.92. The Bertz CT molecular complexity index is 989. The second-order valence-electron chi connectivity index (χ2n) is 7.35. The molecule has 1 amide bonds. The molecule has 3 N–H and O–H groups in total. The average molecular weight is 394 g/mol. The fourth-order valence-electron chi connectivity index (χ4n) is 3.97. The Morgan fingerprint density at radius 1 is 1.04 bits per heavy atom. The number of nitrogens with two attached hydrogens (primary N) is 1. The quantitative estimate of drug-likeness (QED) is 0.589. The smallest absolute Gasteiger partial charge is 0.250 e. The maximum Gasteiger partial charge on any atom is 0.250 e. The Hall–Kier alpha value is -2.72. The Balaban J connectivity index is 1.72. The van der Waals surface area contributed by atoms with E-state index in [1.54, 1.807) is 0 Å². The lowest BCUT2D eigenvalue weighted by Gasteiger charge is -2.25. The highest BCUT2D eigenvalue weighted by Gasteiger charge is 2.17. The molecule has 0 spiro atoms. The number of aromatic nitrogens is 1. The molecule has 3 aromatic rings. The second-order valence-corrected chi connectivity index (χ2v) is 7.78. The molecule has 0 unspecified atom stereocenters. The molecule has 1 saturated carbocycles. The number of primary amides is 1. The van der Waals surface area contributed by atoms with Crippen molar-refractivity contribution in [3.05, 3.63) is 71.4 Å². The molecule has 1 aliphatic carbocycles. The monoisotopic (exact) mass is 393 g/mol. The first-order valence-electron chi connectivity index (χ1n) is 9.76. The largest absolute Gasteiger partial charge is 0.382 e. The van der Waals surface area contributed by atoms with Crippen LogP contribution in [0.4, 0.5) is 5.69 Å². The van der Waals surface area contributed by atoms with Gasteiger partial charge in [0.25, 0.3) is 5.91 Å². The molecule has 1 heterocycles. The molecule has 28 heavy (non-hydrogen) atoms. The number of carbonyl (C=O) groups is 1. The lowest BCUT2D eigenvalue weighted by atomic mass is 9.95. The normalized spacial score (nSPS) is 14.8. The maximum atomic E-state index is 11.9. The highest BCUT2D eigenvalue weighted by atomic mass is 35.5. The molecule has 0 radical (unpaired) electrons. The average Bonchev–Trinajstić information content (AvgIpc) is 3.18. The van der Waals surface area contributed by atoms with Crippen molar-refractivity contribution in [1.29, 1.82) is 0 Å². The fourth-order valence-corrected chi connectivity index (χ4v) is 4.16. The number of anilines is 1. The zero-order chi connectivity index (χ0) is 19.5. The van der Waals surface area contributed by atoms with Gasteiger partial charge in [-0.2, -0.15) is 0 Å². The van der Waals surface area contributed by atoms with E-state index in [0.717, 1.165) is 35.5 Å². The van der Waals surface area contributed by atoms with E-state index in [1.807, 2.05) is 54.7 Å². The minimum absolute atomic E-state index is 0.388. The molecule has 0 saturated heterocycles. The Morgan fingerprint density at radius 2 is 1.86 bits per heavy atom. The van der Waals surface area contributed by atoms with Crippen molar-refractivity contribution in [3.63, 3.8) is 0 Å². The maximum absolute atomic E-state index is 11.9. The van der Waals surface area contributed by atoms with E-state index in [4.69, 9.17) is 17.3 Å². The van der Waals surface area contributed by atoms with Gasteiger partial charge in [-0.3, -0.25) is 4.79 Å². The summed E-state index contributed by atoms with van der Waals surface area (Å²) in [7, 11) is 0. The molecule has 0 bridgehead atoms. The van der Waals surface area contributed by atoms with Crippen LogP contribution in [0.15, 0.2) is 60.8 Å². The van der Waals surface area contributed by atoms with Gasteiger partial charge in [0.1, 0.15) is 0 Å². The highest BCUT2D eigenvalue weighted by molar-refractivity contribution is 6.30. The topological polar surface area (TPSA) is 60.1 Å². The van der Waals surface area contributed by atoms with E-state index >= 15 is 0 Å². The molecule has 0 atom stereocenters. The molecule has 4 rings (SSSR count). The zero-order valence-electron chi connectivity index (χ0n) is 15.7. The Kier molecular flexibility index (Phi) is 5.40. The Labute approximate surface area is 170 Å². The van der Waals surface area contributed by atoms with Crippen LogP contribution in [0.1, 0.15) is 42.5 Å². The minimum Gasteiger partial charge on any atom is -0.382 e. The van der Waals surface area contributed by atoms with Crippen molar-refractivity contribution < 1.29 is 4.79 Å². The van der Waals surface area contributed by atoms with Crippen molar-refractivity contribution >= 4 is 23.2 Å². The summed E-state index contributed by atoms with van der Waals surface area (Å²) in [4.78, 5) is 11.9. The van der Waals surface area contributed by atoms with Gasteiger partial charge in [0.2, 0.25) is 0 Å². The van der Waals surface area contributed by atoms with Crippen LogP contribution in [-0.4, -0.2) is 16.5 Å². The summed E-state index contributed by atoms with van der Waals surface area (Å²) in [6.07, 6.45) is 7.99. The first-order chi connectivity index (χ1) is 13.6. The van der Waals surface area contributed by atoms with Crippen LogP contribution in [0, 0.1) is 0 Å². The first kappa shape index (κ1) is 18.6. The van der Waals surface area contributed by atoms with Gasteiger partial charge in [-0.25, -0.2) is 0 Å². The molecule has 4 nitrogen and oxygen atoms in total. The van der Waals surface area contributed by atoms with Crippen LogP contribution >= 0.6 is 11.6 Å². The van der Waals surface area contributed by atoms with Crippen molar-refractivity contribution in [2.75, 3.05) is 5.32 Å². The predicted molar refractivity (Wildman–Crippen MR) is 115 cm³/mol. The van der Waals surface area contributed by atoms with E-state index in [1.165, 1.54) is 19.3 Å². The molecular weight excluding hydrogens is 370 g/mol.